The number of hydrogen-bond acceptors (Lipinski definition) is 1. The Morgan fingerprint density at radius 3 is 2.33 bits per heavy atom. The third-order valence-electron chi connectivity index (χ3n) is 1.63. The molecule has 0 aromatic carbocycles. The summed E-state index contributed by atoms with van der Waals surface area (Å²) in [6.07, 6.45) is 1.08. The van der Waals surface area contributed by atoms with Gasteiger partial charge in [-0.25, -0.2) is 4.39 Å². The van der Waals surface area contributed by atoms with Gasteiger partial charge in [-0.15, -0.1) is 0 Å². The molecule has 0 atom stereocenters. The Morgan fingerprint density at radius 1 is 1.44 bits per heavy atom. The number of ether oxygens (including phenoxy) is 1. The molecule has 0 bridgehead atoms. The van der Waals surface area contributed by atoms with E-state index in [-0.39, 0.29) is 0 Å². The molecule has 1 fully saturated rings. The van der Waals surface area contributed by atoms with Gasteiger partial charge < -0.3 is 4.74 Å². The molecule has 0 unspecified atom stereocenters. The molecule has 0 spiro atoms. The van der Waals surface area contributed by atoms with Gasteiger partial charge in [-0.05, 0) is 0 Å². The van der Waals surface area contributed by atoms with Crippen LogP contribution in [0.2, 0.25) is 0 Å². The Hall–Kier alpha value is 0.370. The summed E-state index contributed by atoms with van der Waals surface area (Å²) in [5.41, 5.74) is -0.988. The van der Waals surface area contributed by atoms with Crippen LogP contribution in [0.25, 0.3) is 0 Å². The second-order valence-electron chi connectivity index (χ2n) is 2.40. The van der Waals surface area contributed by atoms with Crippen molar-refractivity contribution in [1.82, 2.24) is 0 Å². The van der Waals surface area contributed by atoms with E-state index in [2.05, 4.69) is 15.9 Å². The van der Waals surface area contributed by atoms with Crippen LogP contribution in [-0.2, 0) is 4.74 Å². The van der Waals surface area contributed by atoms with Crippen molar-refractivity contribution in [2.45, 2.75) is 18.5 Å². The zero-order valence-electron chi connectivity index (χ0n) is 5.20. The van der Waals surface area contributed by atoms with Crippen molar-refractivity contribution in [3.05, 3.63) is 0 Å². The Morgan fingerprint density at radius 2 is 2.00 bits per heavy atom. The van der Waals surface area contributed by atoms with Gasteiger partial charge in [-0.2, -0.15) is 0 Å². The topological polar surface area (TPSA) is 9.23 Å². The van der Waals surface area contributed by atoms with E-state index in [0.29, 0.717) is 31.4 Å². The lowest BCUT2D eigenvalue weighted by atomic mass is 10.00. The molecule has 1 saturated heterocycles. The van der Waals surface area contributed by atoms with Crippen molar-refractivity contribution in [3.8, 4) is 0 Å². The highest BCUT2D eigenvalue weighted by molar-refractivity contribution is 9.09. The fourth-order valence-corrected chi connectivity index (χ4v) is 1.43. The fraction of sp³-hybridized carbons (Fsp3) is 1.00. The quantitative estimate of drug-likeness (QED) is 0.583. The lowest BCUT2D eigenvalue weighted by molar-refractivity contribution is 0.00523. The maximum Gasteiger partial charge on any atom is 0.125 e. The van der Waals surface area contributed by atoms with E-state index < -0.39 is 5.67 Å². The summed E-state index contributed by atoms with van der Waals surface area (Å²) in [7, 11) is 0. The average molecular weight is 197 g/mol. The number of alkyl halides is 2. The highest BCUT2D eigenvalue weighted by Crippen LogP contribution is 2.26. The number of rotatable bonds is 1. The molecule has 0 aromatic rings. The summed E-state index contributed by atoms with van der Waals surface area (Å²) in [6, 6.07) is 0. The third kappa shape index (κ3) is 1.90. The van der Waals surface area contributed by atoms with Crippen molar-refractivity contribution in [3.63, 3.8) is 0 Å². The first kappa shape index (κ1) is 7.48. The molecule has 3 heteroatoms. The normalized spacial score (nSPS) is 26.0. The van der Waals surface area contributed by atoms with Gasteiger partial charge in [0.2, 0.25) is 0 Å². The van der Waals surface area contributed by atoms with Crippen LogP contribution in [0.15, 0.2) is 0 Å². The molecule has 9 heavy (non-hydrogen) atoms. The summed E-state index contributed by atoms with van der Waals surface area (Å²) in [5.74, 6) is 0. The van der Waals surface area contributed by atoms with E-state index in [1.54, 1.807) is 0 Å². The van der Waals surface area contributed by atoms with E-state index in [9.17, 15) is 4.39 Å². The van der Waals surface area contributed by atoms with Gasteiger partial charge in [0.15, 0.2) is 0 Å². The van der Waals surface area contributed by atoms with Crippen LogP contribution >= 0.6 is 15.9 Å². The minimum atomic E-state index is -0.988. The van der Waals surface area contributed by atoms with Crippen LogP contribution in [0.4, 0.5) is 4.39 Å². The summed E-state index contributed by atoms with van der Waals surface area (Å²) in [4.78, 5) is 0. The van der Waals surface area contributed by atoms with E-state index in [0.717, 1.165) is 0 Å². The van der Waals surface area contributed by atoms with E-state index in [4.69, 9.17) is 4.74 Å². The van der Waals surface area contributed by atoms with Crippen LogP contribution < -0.4 is 0 Å². The molecular formula is C6H10BrFO. The van der Waals surface area contributed by atoms with Gasteiger partial charge >= 0.3 is 0 Å². The minimum absolute atomic E-state index is 0.448. The van der Waals surface area contributed by atoms with Crippen LogP contribution in [0.3, 0.4) is 0 Å². The highest BCUT2D eigenvalue weighted by Gasteiger charge is 2.30. The monoisotopic (exact) mass is 196 g/mol. The van der Waals surface area contributed by atoms with E-state index >= 15 is 0 Å². The van der Waals surface area contributed by atoms with Gasteiger partial charge in [-0.1, -0.05) is 15.9 Å². The van der Waals surface area contributed by atoms with Crippen LogP contribution in [-0.4, -0.2) is 24.2 Å². The molecule has 0 saturated carbocycles. The third-order valence-corrected chi connectivity index (χ3v) is 2.63. The maximum atomic E-state index is 13.2. The van der Waals surface area contributed by atoms with Crippen LogP contribution in [0.5, 0.6) is 0 Å². The Labute approximate surface area is 62.7 Å². The molecule has 1 aliphatic rings. The number of halogens is 2. The molecule has 1 heterocycles. The second-order valence-corrected chi connectivity index (χ2v) is 2.96. The van der Waals surface area contributed by atoms with Crippen LogP contribution in [0.1, 0.15) is 12.8 Å². The van der Waals surface area contributed by atoms with Crippen LogP contribution in [0, 0.1) is 0 Å². The predicted octanol–water partition coefficient (Wildman–Crippen LogP) is 1.90. The lowest BCUT2D eigenvalue weighted by Crippen LogP contribution is -2.32. The molecule has 54 valence electrons. The van der Waals surface area contributed by atoms with Gasteiger partial charge in [0.25, 0.3) is 0 Å². The average Bonchev–Trinajstić information content (AvgIpc) is 1.90. The largest absolute Gasteiger partial charge is 0.381 e. The van der Waals surface area contributed by atoms with Crippen molar-refractivity contribution >= 4 is 15.9 Å². The van der Waals surface area contributed by atoms with Gasteiger partial charge in [-0.3, -0.25) is 0 Å². The zero-order valence-corrected chi connectivity index (χ0v) is 6.79. The highest BCUT2D eigenvalue weighted by atomic mass is 79.9. The summed E-state index contributed by atoms with van der Waals surface area (Å²) < 4.78 is 18.2. The van der Waals surface area contributed by atoms with Crippen molar-refractivity contribution in [2.24, 2.45) is 0 Å². The van der Waals surface area contributed by atoms with E-state index in [1.165, 1.54) is 0 Å². The van der Waals surface area contributed by atoms with Gasteiger partial charge in [0.05, 0.1) is 0 Å². The SMILES string of the molecule is FC1(CBr)CCOCC1. The number of hydrogen-bond donors (Lipinski definition) is 0. The molecule has 1 nitrogen and oxygen atoms in total. The summed E-state index contributed by atoms with van der Waals surface area (Å²) in [5, 5.41) is 0.448. The Balaban J connectivity index is 2.37. The molecule has 0 aliphatic carbocycles. The summed E-state index contributed by atoms with van der Waals surface area (Å²) in [6.45, 7) is 1.14. The van der Waals surface area contributed by atoms with E-state index in [1.807, 2.05) is 0 Å². The van der Waals surface area contributed by atoms with Crippen molar-refractivity contribution in [1.29, 1.82) is 0 Å². The zero-order chi connectivity index (χ0) is 6.74. The maximum absolute atomic E-state index is 13.2. The Bertz CT molecular complexity index is 91.1. The first-order chi connectivity index (χ1) is 4.27. The first-order valence-corrected chi connectivity index (χ1v) is 4.22. The molecule has 0 N–H and O–H groups in total. The van der Waals surface area contributed by atoms with Gasteiger partial charge in [0, 0.05) is 31.4 Å². The predicted molar refractivity (Wildman–Crippen MR) is 37.7 cm³/mol. The van der Waals surface area contributed by atoms with Crippen molar-refractivity contribution in [2.75, 3.05) is 18.5 Å². The standard InChI is InChI=1S/C6H10BrFO/c7-5-6(8)1-3-9-4-2-6/h1-5H2. The first-order valence-electron chi connectivity index (χ1n) is 3.09. The summed E-state index contributed by atoms with van der Waals surface area (Å²) >= 11 is 3.14. The van der Waals surface area contributed by atoms with Crippen molar-refractivity contribution < 1.29 is 9.13 Å². The smallest absolute Gasteiger partial charge is 0.125 e. The molecule has 1 rings (SSSR count). The lowest BCUT2D eigenvalue weighted by Gasteiger charge is -2.27. The minimum Gasteiger partial charge on any atom is -0.381 e. The Kier molecular flexibility index (Phi) is 2.47. The molecule has 0 radical (unpaired) electrons. The molecule has 0 amide bonds. The molecule has 0 aromatic heterocycles. The fourth-order valence-electron chi connectivity index (χ4n) is 0.871. The molecule has 1 aliphatic heterocycles. The van der Waals surface area contributed by atoms with Gasteiger partial charge in [0.1, 0.15) is 5.67 Å². The second kappa shape index (κ2) is 2.97. The molecular weight excluding hydrogens is 187 g/mol.